The van der Waals surface area contributed by atoms with Crippen molar-refractivity contribution in [2.75, 3.05) is 5.32 Å². The third kappa shape index (κ3) is 4.90. The molecule has 1 aromatic carbocycles. The summed E-state index contributed by atoms with van der Waals surface area (Å²) in [7, 11) is 0. The van der Waals surface area contributed by atoms with Crippen LogP contribution in [0.3, 0.4) is 0 Å². The van der Waals surface area contributed by atoms with Crippen molar-refractivity contribution in [1.29, 1.82) is 0 Å². The number of anilines is 1. The third-order valence-electron chi connectivity index (χ3n) is 2.69. The second-order valence-electron chi connectivity index (χ2n) is 4.31. The summed E-state index contributed by atoms with van der Waals surface area (Å²) < 4.78 is 37.0. The minimum Gasteiger partial charge on any atom is -0.325 e. The van der Waals surface area contributed by atoms with Crippen molar-refractivity contribution in [3.05, 3.63) is 29.8 Å². The summed E-state index contributed by atoms with van der Waals surface area (Å²) in [6, 6.07) is 3.64. The van der Waals surface area contributed by atoms with Crippen molar-refractivity contribution in [2.45, 2.75) is 38.4 Å². The zero-order valence-corrected chi connectivity index (χ0v) is 10.6. The fourth-order valence-electron chi connectivity index (χ4n) is 1.53. The maximum Gasteiger partial charge on any atom is 0.416 e. The zero-order valence-electron chi connectivity index (χ0n) is 10.6. The van der Waals surface area contributed by atoms with Gasteiger partial charge in [-0.1, -0.05) is 19.8 Å². The van der Waals surface area contributed by atoms with Crippen LogP contribution in [-0.2, 0) is 11.0 Å². The monoisotopic (exact) mass is 274 g/mol. The fraction of sp³-hybridized carbons (Fsp3) is 0.462. The minimum absolute atomic E-state index is 0.310. The van der Waals surface area contributed by atoms with Gasteiger partial charge in [0.25, 0.3) is 0 Å². The number of hydrogen-bond acceptors (Lipinski definition) is 2. The molecule has 3 nitrogen and oxygen atoms in total. The van der Waals surface area contributed by atoms with Gasteiger partial charge in [-0.2, -0.15) is 13.2 Å². The number of nitrogens with two attached hydrogens (primary N) is 1. The van der Waals surface area contributed by atoms with Crippen molar-refractivity contribution < 1.29 is 18.0 Å². The van der Waals surface area contributed by atoms with Crippen LogP contribution >= 0.6 is 0 Å². The number of unbranched alkanes of at least 4 members (excludes halogenated alkanes) is 1. The maximum atomic E-state index is 12.3. The first-order valence-electron chi connectivity index (χ1n) is 6.08. The number of alkyl halides is 3. The number of benzene rings is 1. The van der Waals surface area contributed by atoms with Crippen molar-refractivity contribution in [3.63, 3.8) is 0 Å². The SMILES string of the molecule is CCCC[C@H](N)C(=O)Nc1ccc(C(F)(F)F)cc1. The Morgan fingerprint density at radius 2 is 1.89 bits per heavy atom. The largest absolute Gasteiger partial charge is 0.416 e. The lowest BCUT2D eigenvalue weighted by Crippen LogP contribution is -2.35. The lowest BCUT2D eigenvalue weighted by molar-refractivity contribution is -0.137. The standard InChI is InChI=1S/C13H17F3N2O/c1-2-3-4-11(17)12(19)18-10-7-5-9(6-8-10)13(14,15)16/h5-8,11H,2-4,17H2,1H3,(H,18,19)/t11-/m0/s1. The summed E-state index contributed by atoms with van der Waals surface area (Å²) in [6.45, 7) is 1.99. The summed E-state index contributed by atoms with van der Waals surface area (Å²) in [5, 5.41) is 2.50. The number of carbonyl (C=O) groups is 1. The Balaban J connectivity index is 2.60. The highest BCUT2D eigenvalue weighted by molar-refractivity contribution is 5.94. The van der Waals surface area contributed by atoms with Crippen LogP contribution in [0.5, 0.6) is 0 Å². The van der Waals surface area contributed by atoms with Crippen molar-refractivity contribution in [3.8, 4) is 0 Å². The molecule has 0 aliphatic rings. The highest BCUT2D eigenvalue weighted by Crippen LogP contribution is 2.29. The Labute approximate surface area is 110 Å². The Hall–Kier alpha value is -1.56. The molecule has 106 valence electrons. The van der Waals surface area contributed by atoms with Crippen LogP contribution in [0.1, 0.15) is 31.7 Å². The molecule has 1 aromatic rings. The van der Waals surface area contributed by atoms with Crippen LogP contribution < -0.4 is 11.1 Å². The normalized spacial score (nSPS) is 13.1. The van der Waals surface area contributed by atoms with E-state index in [1.165, 1.54) is 12.1 Å². The summed E-state index contributed by atoms with van der Waals surface area (Å²) in [5.41, 5.74) is 5.22. The van der Waals surface area contributed by atoms with Gasteiger partial charge in [-0.25, -0.2) is 0 Å². The van der Waals surface area contributed by atoms with E-state index in [0.29, 0.717) is 12.1 Å². The van der Waals surface area contributed by atoms with Crippen LogP contribution in [0.2, 0.25) is 0 Å². The second-order valence-corrected chi connectivity index (χ2v) is 4.31. The van der Waals surface area contributed by atoms with Gasteiger partial charge in [0.05, 0.1) is 11.6 Å². The molecule has 0 aliphatic carbocycles. The summed E-state index contributed by atoms with van der Waals surface area (Å²) in [5.74, 6) is -0.381. The first-order valence-corrected chi connectivity index (χ1v) is 6.08. The molecule has 6 heteroatoms. The van der Waals surface area contributed by atoms with Crippen LogP contribution in [0.15, 0.2) is 24.3 Å². The van der Waals surface area contributed by atoms with Gasteiger partial charge in [-0.15, -0.1) is 0 Å². The lowest BCUT2D eigenvalue weighted by atomic mass is 10.1. The van der Waals surface area contributed by atoms with Gasteiger partial charge < -0.3 is 11.1 Å². The number of halogens is 3. The lowest BCUT2D eigenvalue weighted by Gasteiger charge is -2.12. The molecular weight excluding hydrogens is 257 g/mol. The minimum atomic E-state index is -4.37. The number of hydrogen-bond donors (Lipinski definition) is 2. The van der Waals surface area contributed by atoms with Crippen LogP contribution in [0, 0.1) is 0 Å². The van der Waals surface area contributed by atoms with Gasteiger partial charge in [0.2, 0.25) is 5.91 Å². The fourth-order valence-corrected chi connectivity index (χ4v) is 1.53. The van der Waals surface area contributed by atoms with Gasteiger partial charge in [-0.05, 0) is 30.7 Å². The average molecular weight is 274 g/mol. The third-order valence-corrected chi connectivity index (χ3v) is 2.69. The van der Waals surface area contributed by atoms with E-state index in [4.69, 9.17) is 5.73 Å². The van der Waals surface area contributed by atoms with Crippen LogP contribution in [0.4, 0.5) is 18.9 Å². The number of carbonyl (C=O) groups excluding carboxylic acids is 1. The first-order chi connectivity index (χ1) is 8.84. The molecule has 0 fully saturated rings. The Morgan fingerprint density at radius 1 is 1.32 bits per heavy atom. The Kier molecular flexibility index (Phi) is 5.35. The zero-order chi connectivity index (χ0) is 14.5. The van der Waals surface area contributed by atoms with Crippen molar-refractivity contribution in [2.24, 2.45) is 5.73 Å². The molecule has 0 saturated carbocycles. The molecule has 0 aliphatic heterocycles. The second kappa shape index (κ2) is 6.56. The quantitative estimate of drug-likeness (QED) is 0.866. The molecule has 0 radical (unpaired) electrons. The van der Waals surface area contributed by atoms with Crippen molar-refractivity contribution in [1.82, 2.24) is 0 Å². The Bertz CT molecular complexity index is 415. The molecule has 0 bridgehead atoms. The molecule has 0 heterocycles. The topological polar surface area (TPSA) is 55.1 Å². The molecule has 1 rings (SSSR count). The number of nitrogens with one attached hydrogen (secondary N) is 1. The van der Waals surface area contributed by atoms with E-state index in [1.54, 1.807) is 0 Å². The van der Waals surface area contributed by atoms with Gasteiger partial charge >= 0.3 is 6.18 Å². The smallest absolute Gasteiger partial charge is 0.325 e. The predicted molar refractivity (Wildman–Crippen MR) is 67.6 cm³/mol. The van der Waals surface area contributed by atoms with Gasteiger partial charge in [0.15, 0.2) is 0 Å². The summed E-state index contributed by atoms with van der Waals surface area (Å²) in [4.78, 5) is 11.6. The molecule has 1 atom stereocenters. The van der Waals surface area contributed by atoms with E-state index in [1.807, 2.05) is 6.92 Å². The van der Waals surface area contributed by atoms with Crippen LogP contribution in [-0.4, -0.2) is 11.9 Å². The molecule has 0 spiro atoms. The molecule has 0 unspecified atom stereocenters. The average Bonchev–Trinajstić information content (AvgIpc) is 2.35. The van der Waals surface area contributed by atoms with Gasteiger partial charge in [0, 0.05) is 5.69 Å². The van der Waals surface area contributed by atoms with E-state index in [2.05, 4.69) is 5.32 Å². The van der Waals surface area contributed by atoms with E-state index >= 15 is 0 Å². The molecule has 1 amide bonds. The number of amides is 1. The molecule has 3 N–H and O–H groups in total. The highest BCUT2D eigenvalue weighted by atomic mass is 19.4. The molecular formula is C13H17F3N2O. The predicted octanol–water partition coefficient (Wildman–Crippen LogP) is 3.16. The van der Waals surface area contributed by atoms with Gasteiger partial charge in [0.1, 0.15) is 0 Å². The Morgan fingerprint density at radius 3 is 2.37 bits per heavy atom. The van der Waals surface area contributed by atoms with E-state index in [9.17, 15) is 18.0 Å². The molecule has 0 saturated heterocycles. The highest BCUT2D eigenvalue weighted by Gasteiger charge is 2.30. The summed E-state index contributed by atoms with van der Waals surface area (Å²) in [6.07, 6.45) is -2.05. The van der Waals surface area contributed by atoms with Crippen LogP contribution in [0.25, 0.3) is 0 Å². The molecule has 0 aromatic heterocycles. The molecule has 19 heavy (non-hydrogen) atoms. The van der Waals surface area contributed by atoms with E-state index in [-0.39, 0.29) is 5.91 Å². The first kappa shape index (κ1) is 15.5. The number of rotatable bonds is 5. The van der Waals surface area contributed by atoms with Crippen molar-refractivity contribution >= 4 is 11.6 Å². The van der Waals surface area contributed by atoms with E-state index < -0.39 is 17.8 Å². The summed E-state index contributed by atoms with van der Waals surface area (Å²) >= 11 is 0. The van der Waals surface area contributed by atoms with Gasteiger partial charge in [-0.3, -0.25) is 4.79 Å². The van der Waals surface area contributed by atoms with E-state index in [0.717, 1.165) is 25.0 Å². The maximum absolute atomic E-state index is 12.3.